The van der Waals surface area contributed by atoms with Gasteiger partial charge in [-0.25, -0.2) is 0 Å². The van der Waals surface area contributed by atoms with Crippen LogP contribution in [0.1, 0.15) is 74.7 Å². The highest BCUT2D eigenvalue weighted by atomic mass is 28.4. The quantitative estimate of drug-likeness (QED) is 0.271. The van der Waals surface area contributed by atoms with E-state index in [0.717, 1.165) is 25.3 Å². The van der Waals surface area contributed by atoms with Crippen LogP contribution in [0.25, 0.3) is 0 Å². The second-order valence-corrected chi connectivity index (χ2v) is 11.9. The van der Waals surface area contributed by atoms with Crippen molar-refractivity contribution in [2.24, 2.45) is 17.6 Å². The van der Waals surface area contributed by atoms with Crippen molar-refractivity contribution >= 4 is 26.3 Å². The van der Waals surface area contributed by atoms with Crippen LogP contribution >= 0.6 is 0 Å². The summed E-state index contributed by atoms with van der Waals surface area (Å²) in [6.07, 6.45) is 2.92. The minimum absolute atomic E-state index is 0.0469. The number of rotatable bonds is 14. The minimum atomic E-state index is -2.13. The second-order valence-electron chi connectivity index (χ2n) is 8.66. The lowest BCUT2D eigenvalue weighted by Crippen LogP contribution is -2.43. The lowest BCUT2D eigenvalue weighted by molar-refractivity contribution is -0.127. The number of nitrogens with one attached hydrogen (secondary N) is 2. The van der Waals surface area contributed by atoms with Crippen LogP contribution in [-0.2, 0) is 23.2 Å². The molecule has 0 bridgehead atoms. The van der Waals surface area contributed by atoms with E-state index in [1.54, 1.807) is 6.92 Å². The van der Waals surface area contributed by atoms with E-state index in [1.165, 1.54) is 0 Å². The van der Waals surface area contributed by atoms with E-state index in [9.17, 15) is 14.4 Å². The van der Waals surface area contributed by atoms with Crippen LogP contribution < -0.4 is 16.4 Å². The molecule has 0 aromatic rings. The van der Waals surface area contributed by atoms with Gasteiger partial charge in [0.1, 0.15) is 0 Å². The summed E-state index contributed by atoms with van der Waals surface area (Å²) in [6.45, 7) is 18.6. The van der Waals surface area contributed by atoms with Crippen LogP contribution in [-0.4, -0.2) is 51.6 Å². The molecule has 3 amide bonds. The first kappa shape index (κ1) is 31.7. The Morgan fingerprint density at radius 1 is 0.839 bits per heavy atom. The molecule has 0 aliphatic carbocycles. The number of hydrogen-bond donors (Lipinski definition) is 3. The zero-order chi connectivity index (χ0) is 24.6. The van der Waals surface area contributed by atoms with Crippen LogP contribution in [0.15, 0.2) is 0 Å². The van der Waals surface area contributed by atoms with E-state index in [2.05, 4.69) is 17.2 Å². The third-order valence-corrected chi connectivity index (χ3v) is 7.84. The maximum atomic E-state index is 11.7. The van der Waals surface area contributed by atoms with E-state index in [0.29, 0.717) is 6.54 Å². The highest BCUT2D eigenvalue weighted by Crippen LogP contribution is 2.19. The summed E-state index contributed by atoms with van der Waals surface area (Å²) in [5.41, 5.74) is 4.83. The Morgan fingerprint density at radius 3 is 1.61 bits per heavy atom. The SMILES string of the molecule is CCC(C)C(=O)NCC(N)=O.CCC(C)C(=O)NCCC[Si](C)(OC(C)C)OC(C)C. The standard InChI is InChI=1S/C15H33NO3Si.C7H14N2O2/c1-8-14(6)15(17)16-10-9-11-20(7,18-12(2)3)19-13(4)5;1-3-5(2)7(11)9-4-6(8)10/h12-14H,8-11H2,1-7H3,(H,16,17);5H,3-4H2,1-2H3,(H2,8,10)(H,9,11). The number of carbonyl (C=O) groups excluding carboxylic acids is 3. The Bertz CT molecular complexity index is 519. The minimum Gasteiger partial charge on any atom is -0.392 e. The summed E-state index contributed by atoms with van der Waals surface area (Å²) < 4.78 is 12.1. The largest absolute Gasteiger partial charge is 0.392 e. The summed E-state index contributed by atoms with van der Waals surface area (Å²) in [5, 5.41) is 5.40. The van der Waals surface area contributed by atoms with Crippen molar-refractivity contribution in [1.82, 2.24) is 10.6 Å². The van der Waals surface area contributed by atoms with Crippen molar-refractivity contribution in [3.63, 3.8) is 0 Å². The van der Waals surface area contributed by atoms with E-state index in [1.807, 2.05) is 48.5 Å². The first-order chi connectivity index (χ1) is 14.3. The van der Waals surface area contributed by atoms with E-state index >= 15 is 0 Å². The van der Waals surface area contributed by atoms with Gasteiger partial charge in [-0.05, 0) is 59.5 Å². The molecule has 0 rings (SSSR count). The van der Waals surface area contributed by atoms with Crippen molar-refractivity contribution in [1.29, 1.82) is 0 Å². The summed E-state index contributed by atoms with van der Waals surface area (Å²) in [6, 6.07) is 0.907. The van der Waals surface area contributed by atoms with Gasteiger partial charge in [0.15, 0.2) is 0 Å². The maximum absolute atomic E-state index is 11.7. The van der Waals surface area contributed by atoms with Gasteiger partial charge in [0.25, 0.3) is 0 Å². The second kappa shape index (κ2) is 17.1. The summed E-state index contributed by atoms with van der Waals surface area (Å²) in [7, 11) is -2.13. The molecule has 0 fully saturated rings. The molecule has 0 saturated carbocycles. The molecule has 0 aromatic carbocycles. The van der Waals surface area contributed by atoms with Gasteiger partial charge in [0.2, 0.25) is 17.7 Å². The molecule has 184 valence electrons. The summed E-state index contributed by atoms with van der Waals surface area (Å²) >= 11 is 0. The Hall–Kier alpha value is -1.45. The highest BCUT2D eigenvalue weighted by Gasteiger charge is 2.33. The van der Waals surface area contributed by atoms with Crippen LogP contribution in [0.3, 0.4) is 0 Å². The van der Waals surface area contributed by atoms with Crippen molar-refractivity contribution in [2.45, 2.75) is 99.5 Å². The zero-order valence-corrected chi connectivity index (χ0v) is 22.2. The normalized spacial score (nSPS) is 13.3. The molecule has 0 aliphatic rings. The molecule has 8 nitrogen and oxygen atoms in total. The average Bonchev–Trinajstić information content (AvgIpc) is 2.66. The molecule has 0 spiro atoms. The average molecular weight is 462 g/mol. The Kier molecular flexibility index (Phi) is 17.5. The summed E-state index contributed by atoms with van der Waals surface area (Å²) in [5.74, 6) is -0.440. The maximum Gasteiger partial charge on any atom is 0.335 e. The topological polar surface area (TPSA) is 120 Å². The summed E-state index contributed by atoms with van der Waals surface area (Å²) in [4.78, 5) is 32.9. The zero-order valence-electron chi connectivity index (χ0n) is 21.2. The first-order valence-corrected chi connectivity index (χ1v) is 14.0. The van der Waals surface area contributed by atoms with Gasteiger partial charge in [-0.2, -0.15) is 0 Å². The molecule has 0 aliphatic heterocycles. The van der Waals surface area contributed by atoms with Gasteiger partial charge in [0, 0.05) is 30.6 Å². The van der Waals surface area contributed by atoms with Gasteiger partial charge in [-0.3, -0.25) is 14.4 Å². The van der Waals surface area contributed by atoms with Gasteiger partial charge in [0.05, 0.1) is 6.54 Å². The molecular weight excluding hydrogens is 414 g/mol. The van der Waals surface area contributed by atoms with E-state index in [-0.39, 0.29) is 42.4 Å². The van der Waals surface area contributed by atoms with Gasteiger partial charge in [-0.1, -0.05) is 27.7 Å². The monoisotopic (exact) mass is 461 g/mol. The van der Waals surface area contributed by atoms with Gasteiger partial charge >= 0.3 is 8.56 Å². The fraction of sp³-hybridized carbons (Fsp3) is 0.864. The van der Waals surface area contributed by atoms with E-state index < -0.39 is 14.5 Å². The number of carbonyl (C=O) groups is 3. The van der Waals surface area contributed by atoms with Crippen molar-refractivity contribution in [2.75, 3.05) is 13.1 Å². The van der Waals surface area contributed by atoms with Crippen molar-refractivity contribution in [3.8, 4) is 0 Å². The van der Waals surface area contributed by atoms with Crippen LogP contribution in [0.2, 0.25) is 12.6 Å². The third-order valence-electron chi connectivity index (χ3n) is 4.63. The van der Waals surface area contributed by atoms with Gasteiger partial charge < -0.3 is 25.2 Å². The number of primary amides is 1. The van der Waals surface area contributed by atoms with Crippen LogP contribution in [0.4, 0.5) is 0 Å². The highest BCUT2D eigenvalue weighted by molar-refractivity contribution is 6.66. The Labute approximate surface area is 190 Å². The fourth-order valence-electron chi connectivity index (χ4n) is 2.66. The molecule has 4 N–H and O–H groups in total. The third kappa shape index (κ3) is 17.9. The molecule has 0 heterocycles. The number of nitrogens with two attached hydrogens (primary N) is 1. The first-order valence-electron chi connectivity index (χ1n) is 11.5. The van der Waals surface area contributed by atoms with E-state index in [4.69, 9.17) is 14.6 Å². The molecule has 31 heavy (non-hydrogen) atoms. The lowest BCUT2D eigenvalue weighted by atomic mass is 10.1. The lowest BCUT2D eigenvalue weighted by Gasteiger charge is -2.31. The number of amides is 3. The molecule has 0 aromatic heterocycles. The van der Waals surface area contributed by atoms with Crippen LogP contribution in [0, 0.1) is 11.8 Å². The smallest absolute Gasteiger partial charge is 0.335 e. The fourth-order valence-corrected chi connectivity index (χ4v) is 5.76. The van der Waals surface area contributed by atoms with Crippen LogP contribution in [0.5, 0.6) is 0 Å². The van der Waals surface area contributed by atoms with Crippen molar-refractivity contribution < 1.29 is 23.2 Å². The Morgan fingerprint density at radius 2 is 1.26 bits per heavy atom. The predicted molar refractivity (Wildman–Crippen MR) is 128 cm³/mol. The molecule has 2 unspecified atom stereocenters. The molecule has 0 radical (unpaired) electrons. The number of hydrogen-bond acceptors (Lipinski definition) is 5. The predicted octanol–water partition coefficient (Wildman–Crippen LogP) is 3.09. The van der Waals surface area contributed by atoms with Crippen molar-refractivity contribution in [3.05, 3.63) is 0 Å². The molecular formula is C22H47N3O5Si. The Balaban J connectivity index is 0. The molecule has 0 saturated heterocycles. The molecule has 9 heteroatoms. The molecule has 2 atom stereocenters. The van der Waals surface area contributed by atoms with Gasteiger partial charge in [-0.15, -0.1) is 0 Å².